The molecule has 0 amide bonds. The van der Waals surface area contributed by atoms with Crippen molar-refractivity contribution in [2.45, 2.75) is 66.7 Å². The number of aromatic nitrogens is 4. The Morgan fingerprint density at radius 2 is 0.810 bits per heavy atom. The highest BCUT2D eigenvalue weighted by atomic mass is 35.5. The van der Waals surface area contributed by atoms with E-state index in [9.17, 15) is 0 Å². The number of benzene rings is 4. The number of oxazole rings is 4. The van der Waals surface area contributed by atoms with Crippen LogP contribution in [0.25, 0.3) is 56.3 Å². The number of hydrogen-bond acceptors (Lipinski definition) is 11. The maximum atomic E-state index is 8.84. The SMILES string of the molecule is CCCc1nc(-c2ccccc2)oc1C.Cc1oc(-c2ccccc2)nc1CCN.Cc1oc(-c2ccccc2)nc1CCN=[N+]=[N-].Cc1oc(-c2ccccc2)nc1CCO.Cl. The summed E-state index contributed by atoms with van der Waals surface area (Å²) in [5.74, 6) is 6.00. The number of rotatable bonds is 13. The zero-order chi connectivity index (χ0) is 44.1. The first kappa shape index (κ1) is 48.9. The van der Waals surface area contributed by atoms with E-state index in [1.54, 1.807) is 0 Å². The largest absolute Gasteiger partial charge is 0.441 e. The van der Waals surface area contributed by atoms with E-state index in [0.29, 0.717) is 43.6 Å². The number of nitrogens with two attached hydrogens (primary N) is 1. The maximum absolute atomic E-state index is 8.84. The fourth-order valence-corrected chi connectivity index (χ4v) is 6.14. The Labute approximate surface area is 374 Å². The van der Waals surface area contributed by atoms with Crippen molar-refractivity contribution in [2.75, 3.05) is 19.7 Å². The highest BCUT2D eigenvalue weighted by Gasteiger charge is 2.13. The molecule has 4 aromatic carbocycles. The molecular weight excluding hydrogens is 816 g/mol. The van der Waals surface area contributed by atoms with Crippen LogP contribution in [-0.4, -0.2) is 44.7 Å². The predicted molar refractivity (Wildman–Crippen MR) is 249 cm³/mol. The Balaban J connectivity index is 0.000000184. The highest BCUT2D eigenvalue weighted by molar-refractivity contribution is 5.85. The molecule has 0 spiro atoms. The standard InChI is InChI=1S/C13H15NO.C12H12N4O.C12H14N2O.C12H13NO2.ClH/c1-3-7-12-10(2)15-13(14-12)11-8-5-4-6-9-11;1-9-11(7-8-14-16-13)15-12(17-9)10-5-3-2-4-6-10;1-9-11(7-8-13)14-12(15-9)10-5-3-2-4-6-10;1-9-11(7-8-14)13-12(15-9)10-5-3-2-4-6-10;/h4-6,8-9H,3,7H2,1-2H3;2-6H,7-8H2,1H3;2-6H,7-8,13H2,1H3;2-6,14H,7-8H2,1H3;1H. The molecule has 328 valence electrons. The molecule has 8 aromatic rings. The first-order chi connectivity index (χ1) is 30.2. The van der Waals surface area contributed by atoms with Gasteiger partial charge < -0.3 is 28.5 Å². The maximum Gasteiger partial charge on any atom is 0.226 e. The molecule has 0 aliphatic rings. The summed E-state index contributed by atoms with van der Waals surface area (Å²) in [4.78, 5) is 20.4. The minimum Gasteiger partial charge on any atom is -0.441 e. The summed E-state index contributed by atoms with van der Waals surface area (Å²) in [6, 6.07) is 39.4. The Bertz CT molecular complexity index is 2360. The van der Waals surface area contributed by atoms with Crippen LogP contribution in [-0.2, 0) is 25.7 Å². The number of hydrogen-bond donors (Lipinski definition) is 2. The third-order valence-electron chi connectivity index (χ3n) is 9.38. The van der Waals surface area contributed by atoms with Gasteiger partial charge in [0, 0.05) is 53.2 Å². The fourth-order valence-electron chi connectivity index (χ4n) is 6.14. The average Bonchev–Trinajstić information content (AvgIpc) is 4.08. The van der Waals surface area contributed by atoms with E-state index in [-0.39, 0.29) is 19.0 Å². The molecule has 0 aliphatic carbocycles. The first-order valence-corrected chi connectivity index (χ1v) is 20.6. The molecule has 13 nitrogen and oxygen atoms in total. The van der Waals surface area contributed by atoms with Gasteiger partial charge in [0.05, 0.1) is 22.8 Å². The monoisotopic (exact) mass is 870 g/mol. The summed E-state index contributed by atoms with van der Waals surface area (Å²) in [6.07, 6.45) is 4.00. The van der Waals surface area contributed by atoms with E-state index in [1.807, 2.05) is 149 Å². The number of halogens is 1. The van der Waals surface area contributed by atoms with Gasteiger partial charge in [0.1, 0.15) is 23.0 Å². The second kappa shape index (κ2) is 25.9. The average molecular weight is 871 g/mol. The van der Waals surface area contributed by atoms with Crippen LogP contribution in [0.2, 0.25) is 0 Å². The van der Waals surface area contributed by atoms with Crippen molar-refractivity contribution in [3.05, 3.63) is 178 Å². The van der Waals surface area contributed by atoms with Crippen molar-refractivity contribution in [3.63, 3.8) is 0 Å². The zero-order valence-electron chi connectivity index (χ0n) is 36.4. The van der Waals surface area contributed by atoms with E-state index >= 15 is 0 Å². The van der Waals surface area contributed by atoms with Gasteiger partial charge >= 0.3 is 0 Å². The highest BCUT2D eigenvalue weighted by Crippen LogP contribution is 2.25. The summed E-state index contributed by atoms with van der Waals surface area (Å²) < 4.78 is 22.3. The molecule has 0 aliphatic heterocycles. The van der Waals surface area contributed by atoms with Crippen molar-refractivity contribution in [2.24, 2.45) is 10.8 Å². The molecule has 14 heteroatoms. The third kappa shape index (κ3) is 14.7. The molecule has 4 aromatic heterocycles. The molecule has 0 atom stereocenters. The predicted octanol–water partition coefficient (Wildman–Crippen LogP) is 11.9. The fraction of sp³-hybridized carbons (Fsp3) is 0.265. The van der Waals surface area contributed by atoms with Gasteiger partial charge in [-0.15, -0.1) is 12.4 Å². The minimum atomic E-state index is 0. The molecule has 0 saturated heterocycles. The normalized spacial score (nSPS) is 10.2. The van der Waals surface area contributed by atoms with Crippen molar-refractivity contribution >= 4 is 12.4 Å². The van der Waals surface area contributed by atoms with Crippen LogP contribution in [0.3, 0.4) is 0 Å². The van der Waals surface area contributed by atoms with E-state index in [1.165, 1.54) is 0 Å². The lowest BCUT2D eigenvalue weighted by Gasteiger charge is -1.92. The summed E-state index contributed by atoms with van der Waals surface area (Å²) in [7, 11) is 0. The first-order valence-electron chi connectivity index (χ1n) is 20.6. The molecule has 0 unspecified atom stereocenters. The summed E-state index contributed by atoms with van der Waals surface area (Å²) in [5, 5.41) is 12.3. The van der Waals surface area contributed by atoms with E-state index < -0.39 is 0 Å². The summed E-state index contributed by atoms with van der Waals surface area (Å²) in [5.41, 5.74) is 21.4. The Morgan fingerprint density at radius 3 is 1.10 bits per heavy atom. The van der Waals surface area contributed by atoms with Gasteiger partial charge in [-0.2, -0.15) is 0 Å². The lowest BCUT2D eigenvalue weighted by molar-refractivity contribution is 0.297. The topological polar surface area (TPSA) is 199 Å². The molecule has 0 saturated carbocycles. The number of nitrogens with zero attached hydrogens (tertiary/aromatic N) is 7. The van der Waals surface area contributed by atoms with Crippen LogP contribution < -0.4 is 5.73 Å². The molecule has 8 rings (SSSR count). The Morgan fingerprint density at radius 1 is 0.508 bits per heavy atom. The molecule has 4 heterocycles. The van der Waals surface area contributed by atoms with Crippen LogP contribution in [0.1, 0.15) is 59.2 Å². The van der Waals surface area contributed by atoms with E-state index in [0.717, 1.165) is 93.2 Å². The van der Waals surface area contributed by atoms with Gasteiger partial charge in [-0.25, -0.2) is 19.9 Å². The number of aliphatic hydroxyl groups is 1. The van der Waals surface area contributed by atoms with Gasteiger partial charge in [0.2, 0.25) is 23.6 Å². The lowest BCUT2D eigenvalue weighted by Crippen LogP contribution is -2.03. The molecule has 63 heavy (non-hydrogen) atoms. The molecule has 0 fully saturated rings. The van der Waals surface area contributed by atoms with Crippen molar-refractivity contribution in [3.8, 4) is 45.8 Å². The Kier molecular flexibility index (Phi) is 20.1. The van der Waals surface area contributed by atoms with E-state index in [4.69, 9.17) is 34.0 Å². The van der Waals surface area contributed by atoms with E-state index in [2.05, 4.69) is 36.9 Å². The van der Waals surface area contributed by atoms with Crippen molar-refractivity contribution in [1.29, 1.82) is 0 Å². The van der Waals surface area contributed by atoms with Gasteiger partial charge in [-0.1, -0.05) is 91.3 Å². The zero-order valence-corrected chi connectivity index (χ0v) is 37.2. The van der Waals surface area contributed by atoms with Crippen LogP contribution in [0.4, 0.5) is 0 Å². The third-order valence-corrected chi connectivity index (χ3v) is 9.38. The second-order valence-corrected chi connectivity index (χ2v) is 14.0. The van der Waals surface area contributed by atoms with Crippen LogP contribution in [0, 0.1) is 27.7 Å². The van der Waals surface area contributed by atoms with Gasteiger partial charge in [-0.05, 0) is 101 Å². The molecule has 0 radical (unpaired) electrons. The molecule has 0 bridgehead atoms. The van der Waals surface area contributed by atoms with Crippen molar-refractivity contribution < 1.29 is 22.8 Å². The number of aryl methyl sites for hydroxylation is 5. The van der Waals surface area contributed by atoms with Gasteiger partial charge in [-0.3, -0.25) is 0 Å². The second-order valence-electron chi connectivity index (χ2n) is 14.0. The van der Waals surface area contributed by atoms with Gasteiger partial charge in [0.25, 0.3) is 0 Å². The minimum absolute atomic E-state index is 0. The quantitative estimate of drug-likeness (QED) is 0.0638. The number of azide groups is 1. The smallest absolute Gasteiger partial charge is 0.226 e. The molecule has 3 N–H and O–H groups in total. The summed E-state index contributed by atoms with van der Waals surface area (Å²) >= 11 is 0. The summed E-state index contributed by atoms with van der Waals surface area (Å²) in [6.45, 7) is 10.9. The van der Waals surface area contributed by atoms with Crippen LogP contribution in [0.15, 0.2) is 144 Å². The molecular formula is C49H55ClN8O5. The lowest BCUT2D eigenvalue weighted by atomic mass is 10.2. The Hall–Kier alpha value is -6.76. The van der Waals surface area contributed by atoms with Gasteiger partial charge in [0.15, 0.2) is 0 Å². The van der Waals surface area contributed by atoms with Crippen molar-refractivity contribution in [1.82, 2.24) is 19.9 Å². The van der Waals surface area contributed by atoms with Crippen LogP contribution >= 0.6 is 12.4 Å². The number of aliphatic hydroxyl groups excluding tert-OH is 1. The van der Waals surface area contributed by atoms with Crippen LogP contribution in [0.5, 0.6) is 0 Å².